The average Bonchev–Trinajstić information content (AvgIpc) is 2.75. The van der Waals surface area contributed by atoms with E-state index in [1.165, 1.54) is 11.9 Å². The Labute approximate surface area is 104 Å². The Bertz CT molecular complexity index is 587. The first kappa shape index (κ1) is 10.7. The van der Waals surface area contributed by atoms with Crippen molar-refractivity contribution in [3.05, 3.63) is 29.3 Å². The maximum atomic E-state index is 6.03. The zero-order valence-electron chi connectivity index (χ0n) is 9.57. The van der Waals surface area contributed by atoms with E-state index in [4.69, 9.17) is 11.6 Å². The Morgan fingerprint density at radius 1 is 1.41 bits per heavy atom. The van der Waals surface area contributed by atoms with Crippen molar-refractivity contribution in [3.63, 3.8) is 0 Å². The first-order valence-corrected chi connectivity index (χ1v) is 5.99. The van der Waals surface area contributed by atoms with Crippen molar-refractivity contribution < 1.29 is 0 Å². The summed E-state index contributed by atoms with van der Waals surface area (Å²) in [4.78, 5) is 13.8. The second-order valence-corrected chi connectivity index (χ2v) is 4.71. The molecule has 4 nitrogen and oxygen atoms in total. The van der Waals surface area contributed by atoms with E-state index in [1.54, 1.807) is 0 Å². The number of hydrogen-bond acceptors (Lipinski definition) is 3. The van der Waals surface area contributed by atoms with Gasteiger partial charge in [-0.05, 0) is 25.1 Å². The highest BCUT2D eigenvalue weighted by Crippen LogP contribution is 2.26. The van der Waals surface area contributed by atoms with E-state index in [9.17, 15) is 0 Å². The van der Waals surface area contributed by atoms with Crippen molar-refractivity contribution >= 4 is 28.2 Å². The number of nitrogens with one attached hydrogen (secondary N) is 1. The zero-order chi connectivity index (χ0) is 11.8. The summed E-state index contributed by atoms with van der Waals surface area (Å²) in [5, 5.41) is 1.40. The molecule has 1 N–H and O–H groups in total. The van der Waals surface area contributed by atoms with Gasteiger partial charge in [-0.1, -0.05) is 17.7 Å². The highest BCUT2D eigenvalue weighted by atomic mass is 35.5. The third-order valence-corrected chi connectivity index (χ3v) is 3.44. The molecular weight excluding hydrogens is 236 g/mol. The van der Waals surface area contributed by atoms with Gasteiger partial charge in [0.2, 0.25) is 0 Å². The van der Waals surface area contributed by atoms with Gasteiger partial charge >= 0.3 is 0 Å². The van der Waals surface area contributed by atoms with E-state index in [-0.39, 0.29) is 0 Å². The van der Waals surface area contributed by atoms with Gasteiger partial charge in [0, 0.05) is 18.8 Å². The molecule has 0 atom stereocenters. The molecule has 88 valence electrons. The number of hydrogen-bond donors (Lipinski definition) is 1. The molecule has 1 aliphatic heterocycles. The number of nitrogens with zero attached hydrogens (tertiary/aromatic N) is 3. The van der Waals surface area contributed by atoms with Crippen LogP contribution in [0.4, 0.5) is 0 Å². The summed E-state index contributed by atoms with van der Waals surface area (Å²) in [6, 6.07) is 2.04. The molecule has 2 aromatic rings. The fourth-order valence-corrected chi connectivity index (χ4v) is 2.29. The lowest BCUT2D eigenvalue weighted by Gasteiger charge is -2.21. The van der Waals surface area contributed by atoms with E-state index in [2.05, 4.69) is 33.0 Å². The first-order chi connectivity index (χ1) is 8.24. The molecule has 0 unspecified atom stereocenters. The predicted molar refractivity (Wildman–Crippen MR) is 69.0 cm³/mol. The van der Waals surface area contributed by atoms with Gasteiger partial charge in [-0.15, -0.1) is 0 Å². The van der Waals surface area contributed by atoms with Crippen LogP contribution in [0, 0.1) is 0 Å². The molecule has 0 radical (unpaired) electrons. The van der Waals surface area contributed by atoms with Gasteiger partial charge < -0.3 is 9.88 Å². The lowest BCUT2D eigenvalue weighted by molar-refractivity contribution is 0.370. The Kier molecular flexibility index (Phi) is 2.61. The highest BCUT2D eigenvalue weighted by molar-refractivity contribution is 6.34. The van der Waals surface area contributed by atoms with Gasteiger partial charge in [-0.2, -0.15) is 0 Å². The molecule has 5 heteroatoms. The largest absolute Gasteiger partial charge is 0.339 e. The van der Waals surface area contributed by atoms with Gasteiger partial charge in [0.1, 0.15) is 17.1 Å². The monoisotopic (exact) mass is 248 g/mol. The summed E-state index contributed by atoms with van der Waals surface area (Å²) in [7, 11) is 2.13. The van der Waals surface area contributed by atoms with Crippen molar-refractivity contribution in [3.8, 4) is 0 Å². The molecule has 0 fully saturated rings. The SMILES string of the molecule is CN1CC=C(c2cc3c(Cl)ncnc3[nH]2)CC1. The summed E-state index contributed by atoms with van der Waals surface area (Å²) >= 11 is 6.03. The summed E-state index contributed by atoms with van der Waals surface area (Å²) in [5.41, 5.74) is 3.24. The van der Waals surface area contributed by atoms with Crippen molar-refractivity contribution in [2.45, 2.75) is 6.42 Å². The number of rotatable bonds is 1. The van der Waals surface area contributed by atoms with E-state index in [0.29, 0.717) is 5.15 Å². The summed E-state index contributed by atoms with van der Waals surface area (Å²) < 4.78 is 0. The summed E-state index contributed by atoms with van der Waals surface area (Å²) in [6.07, 6.45) is 4.78. The molecule has 3 rings (SSSR count). The Balaban J connectivity index is 2.04. The van der Waals surface area contributed by atoms with Crippen LogP contribution in [0.1, 0.15) is 12.1 Å². The van der Waals surface area contributed by atoms with Gasteiger partial charge in [-0.3, -0.25) is 0 Å². The van der Waals surface area contributed by atoms with Crippen LogP contribution < -0.4 is 0 Å². The molecule has 0 saturated heterocycles. The van der Waals surface area contributed by atoms with E-state index in [0.717, 1.165) is 36.2 Å². The number of aromatic amines is 1. The zero-order valence-corrected chi connectivity index (χ0v) is 10.3. The predicted octanol–water partition coefficient (Wildman–Crippen LogP) is 2.33. The minimum atomic E-state index is 0.506. The summed E-state index contributed by atoms with van der Waals surface area (Å²) in [5.74, 6) is 0. The van der Waals surface area contributed by atoms with E-state index in [1.807, 2.05) is 6.07 Å². The number of likely N-dealkylation sites (N-methyl/N-ethyl adjacent to an activating group) is 1. The number of halogens is 1. The highest BCUT2D eigenvalue weighted by Gasteiger charge is 2.13. The lowest BCUT2D eigenvalue weighted by Crippen LogP contribution is -2.23. The third-order valence-electron chi connectivity index (χ3n) is 3.14. The minimum Gasteiger partial charge on any atom is -0.339 e. The maximum absolute atomic E-state index is 6.03. The van der Waals surface area contributed by atoms with E-state index >= 15 is 0 Å². The summed E-state index contributed by atoms with van der Waals surface area (Å²) in [6.45, 7) is 2.07. The van der Waals surface area contributed by atoms with Crippen LogP contribution in [-0.2, 0) is 0 Å². The molecule has 0 amide bonds. The normalized spacial score (nSPS) is 17.4. The molecule has 0 aliphatic carbocycles. The van der Waals surface area contributed by atoms with Crippen LogP contribution in [0.3, 0.4) is 0 Å². The molecule has 1 aliphatic rings. The van der Waals surface area contributed by atoms with Crippen LogP contribution in [0.25, 0.3) is 16.6 Å². The van der Waals surface area contributed by atoms with Gasteiger partial charge in [0.25, 0.3) is 0 Å². The van der Waals surface area contributed by atoms with Gasteiger partial charge in [0.05, 0.1) is 5.39 Å². The maximum Gasteiger partial charge on any atom is 0.142 e. The minimum absolute atomic E-state index is 0.506. The molecule has 0 aromatic carbocycles. The van der Waals surface area contributed by atoms with Gasteiger partial charge in [-0.25, -0.2) is 9.97 Å². The Hall–Kier alpha value is -1.39. The number of H-pyrrole nitrogens is 1. The number of fused-ring (bicyclic) bond motifs is 1. The standard InChI is InChI=1S/C12H13ClN4/c1-17-4-2-8(3-5-17)10-6-9-11(13)14-7-15-12(9)16-10/h2,6-7H,3-5H2,1H3,(H,14,15,16). The molecule has 0 bridgehead atoms. The van der Waals surface area contributed by atoms with Gasteiger partial charge in [0.15, 0.2) is 0 Å². The van der Waals surface area contributed by atoms with E-state index < -0.39 is 0 Å². The lowest BCUT2D eigenvalue weighted by atomic mass is 10.1. The molecule has 0 spiro atoms. The van der Waals surface area contributed by atoms with Crippen LogP contribution in [0.15, 0.2) is 18.5 Å². The Morgan fingerprint density at radius 3 is 3.00 bits per heavy atom. The van der Waals surface area contributed by atoms with Crippen LogP contribution in [0.2, 0.25) is 5.15 Å². The molecule has 0 saturated carbocycles. The molecule has 3 heterocycles. The van der Waals surface area contributed by atoms with Crippen molar-refractivity contribution in [2.75, 3.05) is 20.1 Å². The topological polar surface area (TPSA) is 44.8 Å². The first-order valence-electron chi connectivity index (χ1n) is 5.61. The fourth-order valence-electron chi connectivity index (χ4n) is 2.10. The smallest absolute Gasteiger partial charge is 0.142 e. The average molecular weight is 249 g/mol. The van der Waals surface area contributed by atoms with Crippen molar-refractivity contribution in [2.24, 2.45) is 0 Å². The second kappa shape index (κ2) is 4.13. The van der Waals surface area contributed by atoms with Crippen LogP contribution >= 0.6 is 11.6 Å². The fraction of sp³-hybridized carbons (Fsp3) is 0.333. The molecular formula is C12H13ClN4. The van der Waals surface area contributed by atoms with Crippen LogP contribution in [0.5, 0.6) is 0 Å². The molecule has 17 heavy (non-hydrogen) atoms. The number of aromatic nitrogens is 3. The molecule has 2 aromatic heterocycles. The van der Waals surface area contributed by atoms with Crippen molar-refractivity contribution in [1.82, 2.24) is 19.9 Å². The van der Waals surface area contributed by atoms with Crippen LogP contribution in [-0.4, -0.2) is 40.0 Å². The van der Waals surface area contributed by atoms with Crippen molar-refractivity contribution in [1.29, 1.82) is 0 Å². The second-order valence-electron chi connectivity index (χ2n) is 4.35. The third kappa shape index (κ3) is 1.94. The Morgan fingerprint density at radius 2 is 2.29 bits per heavy atom. The quantitative estimate of drug-likeness (QED) is 0.788.